The molecule has 2 aliphatic heterocycles. The van der Waals surface area contributed by atoms with E-state index in [9.17, 15) is 9.59 Å². The molecule has 162 valence electrons. The van der Waals surface area contributed by atoms with Crippen LogP contribution in [0.5, 0.6) is 5.75 Å². The van der Waals surface area contributed by atoms with E-state index in [0.29, 0.717) is 22.9 Å². The average Bonchev–Trinajstić information content (AvgIpc) is 2.99. The molecule has 0 radical (unpaired) electrons. The van der Waals surface area contributed by atoms with Gasteiger partial charge in [-0.05, 0) is 69.4 Å². The van der Waals surface area contributed by atoms with Crippen molar-refractivity contribution in [1.29, 1.82) is 0 Å². The summed E-state index contributed by atoms with van der Waals surface area (Å²) in [7, 11) is 0. The van der Waals surface area contributed by atoms with E-state index in [1.807, 2.05) is 69.3 Å². The van der Waals surface area contributed by atoms with Gasteiger partial charge in [0.05, 0.1) is 17.4 Å². The molecule has 0 bridgehead atoms. The van der Waals surface area contributed by atoms with Crippen molar-refractivity contribution in [3.05, 3.63) is 65.4 Å². The lowest BCUT2D eigenvalue weighted by atomic mass is 9.97. The first-order valence-corrected chi connectivity index (χ1v) is 11.1. The molecular formula is C26H30N2O3. The molecular weight excluding hydrogens is 388 g/mol. The third-order valence-electron chi connectivity index (χ3n) is 5.84. The number of nitrogens with zero attached hydrogens (tertiary/aromatic N) is 2. The Hall–Kier alpha value is -3.08. The molecule has 2 aromatic rings. The second kappa shape index (κ2) is 8.58. The van der Waals surface area contributed by atoms with Crippen LogP contribution >= 0.6 is 0 Å². The molecule has 1 atom stereocenters. The average molecular weight is 419 g/mol. The summed E-state index contributed by atoms with van der Waals surface area (Å²) in [5.74, 6) is 0.736. The molecule has 2 aliphatic rings. The maximum atomic E-state index is 13.6. The van der Waals surface area contributed by atoms with Crippen molar-refractivity contribution >= 4 is 23.1 Å². The van der Waals surface area contributed by atoms with Gasteiger partial charge in [-0.2, -0.15) is 0 Å². The van der Waals surface area contributed by atoms with Crippen LogP contribution in [0.1, 0.15) is 44.7 Å². The van der Waals surface area contributed by atoms with Crippen molar-refractivity contribution in [2.75, 3.05) is 18.0 Å². The maximum Gasteiger partial charge on any atom is 0.282 e. The van der Waals surface area contributed by atoms with Crippen LogP contribution in [-0.2, 0) is 9.59 Å². The van der Waals surface area contributed by atoms with Gasteiger partial charge < -0.3 is 9.64 Å². The zero-order valence-corrected chi connectivity index (χ0v) is 18.7. The van der Waals surface area contributed by atoms with E-state index in [-0.39, 0.29) is 17.9 Å². The molecule has 1 saturated heterocycles. The molecule has 4 rings (SSSR count). The minimum absolute atomic E-state index is 0.0715. The molecule has 0 aliphatic carbocycles. The highest BCUT2D eigenvalue weighted by Gasteiger charge is 2.43. The summed E-state index contributed by atoms with van der Waals surface area (Å²) in [4.78, 5) is 30.6. The zero-order valence-electron chi connectivity index (χ0n) is 18.7. The zero-order chi connectivity index (χ0) is 22.1. The fourth-order valence-electron chi connectivity index (χ4n) is 4.36. The first-order valence-electron chi connectivity index (χ1n) is 11.1. The summed E-state index contributed by atoms with van der Waals surface area (Å²) < 4.78 is 5.75. The molecule has 1 unspecified atom stereocenters. The van der Waals surface area contributed by atoms with Crippen molar-refractivity contribution in [2.24, 2.45) is 5.92 Å². The van der Waals surface area contributed by atoms with Crippen molar-refractivity contribution in [2.45, 2.75) is 46.6 Å². The second-order valence-corrected chi connectivity index (χ2v) is 8.89. The van der Waals surface area contributed by atoms with Crippen LogP contribution in [0.3, 0.4) is 0 Å². The highest BCUT2D eigenvalue weighted by atomic mass is 16.5. The predicted molar refractivity (Wildman–Crippen MR) is 123 cm³/mol. The number of imide groups is 1. The fourth-order valence-corrected chi connectivity index (χ4v) is 4.36. The third kappa shape index (κ3) is 4.22. The number of ether oxygens (including phenoxy) is 1. The lowest BCUT2D eigenvalue weighted by Crippen LogP contribution is -2.39. The summed E-state index contributed by atoms with van der Waals surface area (Å²) in [6, 6.07) is 15.0. The lowest BCUT2D eigenvalue weighted by molar-refractivity contribution is -0.120. The number of aryl methyl sites for hydroxylation is 1. The molecule has 0 spiro atoms. The Labute approximate surface area is 184 Å². The van der Waals surface area contributed by atoms with Gasteiger partial charge in [-0.15, -0.1) is 0 Å². The second-order valence-electron chi connectivity index (χ2n) is 8.89. The Morgan fingerprint density at radius 3 is 2.26 bits per heavy atom. The number of piperidine rings is 1. The highest BCUT2D eigenvalue weighted by Crippen LogP contribution is 2.37. The SMILES string of the molecule is Cc1ccc(N2C(=O)C(c3ccc(OC(C)C)cc3)=C(N3CCCC(C)C3)C2=O)cc1. The minimum atomic E-state index is -0.264. The molecule has 5 nitrogen and oxygen atoms in total. The van der Waals surface area contributed by atoms with Crippen LogP contribution in [0.25, 0.3) is 5.57 Å². The third-order valence-corrected chi connectivity index (χ3v) is 5.84. The number of rotatable bonds is 5. The summed E-state index contributed by atoms with van der Waals surface area (Å²) in [6.07, 6.45) is 2.23. The lowest BCUT2D eigenvalue weighted by Gasteiger charge is -2.33. The van der Waals surface area contributed by atoms with E-state index in [4.69, 9.17) is 4.74 Å². The van der Waals surface area contributed by atoms with E-state index in [0.717, 1.165) is 42.8 Å². The molecule has 2 aromatic carbocycles. The van der Waals surface area contributed by atoms with Crippen molar-refractivity contribution in [1.82, 2.24) is 4.90 Å². The van der Waals surface area contributed by atoms with Gasteiger partial charge in [-0.1, -0.05) is 36.8 Å². The van der Waals surface area contributed by atoms with E-state index < -0.39 is 0 Å². The van der Waals surface area contributed by atoms with Crippen LogP contribution in [0.15, 0.2) is 54.2 Å². The van der Waals surface area contributed by atoms with Crippen LogP contribution in [0.4, 0.5) is 5.69 Å². The van der Waals surface area contributed by atoms with Crippen LogP contribution in [-0.4, -0.2) is 35.9 Å². The Morgan fingerprint density at radius 2 is 1.65 bits per heavy atom. The Bertz CT molecular complexity index is 1010. The molecule has 0 saturated carbocycles. The first-order chi connectivity index (χ1) is 14.8. The first kappa shape index (κ1) is 21.2. The Morgan fingerprint density at radius 1 is 0.968 bits per heavy atom. The topological polar surface area (TPSA) is 49.9 Å². The number of likely N-dealkylation sites (tertiary alicyclic amines) is 1. The van der Waals surface area contributed by atoms with E-state index >= 15 is 0 Å². The summed E-state index contributed by atoms with van der Waals surface area (Å²) in [5, 5.41) is 0. The molecule has 1 fully saturated rings. The molecule has 31 heavy (non-hydrogen) atoms. The van der Waals surface area contributed by atoms with E-state index in [1.165, 1.54) is 4.90 Å². The molecule has 0 N–H and O–H groups in total. The largest absolute Gasteiger partial charge is 0.491 e. The normalized spacial score (nSPS) is 19.6. The number of carbonyl (C=O) groups excluding carboxylic acids is 2. The van der Waals surface area contributed by atoms with Crippen molar-refractivity contribution in [3.63, 3.8) is 0 Å². The number of anilines is 1. The predicted octanol–water partition coefficient (Wildman–Crippen LogP) is 4.80. The van der Waals surface area contributed by atoms with Gasteiger partial charge in [0.1, 0.15) is 11.4 Å². The highest BCUT2D eigenvalue weighted by molar-refractivity contribution is 6.45. The minimum Gasteiger partial charge on any atom is -0.491 e. The fraction of sp³-hybridized carbons (Fsp3) is 0.385. The summed E-state index contributed by atoms with van der Waals surface area (Å²) in [6.45, 7) is 9.72. The maximum absolute atomic E-state index is 13.6. The number of benzene rings is 2. The van der Waals surface area contributed by atoms with Crippen LogP contribution < -0.4 is 9.64 Å². The number of amides is 2. The van der Waals surface area contributed by atoms with Gasteiger partial charge in [0.25, 0.3) is 11.8 Å². The van der Waals surface area contributed by atoms with E-state index in [2.05, 4.69) is 11.8 Å². The van der Waals surface area contributed by atoms with Gasteiger partial charge >= 0.3 is 0 Å². The quantitative estimate of drug-likeness (QED) is 0.655. The Balaban J connectivity index is 1.77. The van der Waals surface area contributed by atoms with Crippen molar-refractivity contribution in [3.8, 4) is 5.75 Å². The van der Waals surface area contributed by atoms with Crippen LogP contribution in [0.2, 0.25) is 0 Å². The monoisotopic (exact) mass is 418 g/mol. The number of hydrogen-bond acceptors (Lipinski definition) is 4. The summed E-state index contributed by atoms with van der Waals surface area (Å²) >= 11 is 0. The van der Waals surface area contributed by atoms with Crippen LogP contribution in [0, 0.1) is 12.8 Å². The van der Waals surface area contributed by atoms with Crippen molar-refractivity contribution < 1.29 is 14.3 Å². The molecule has 2 amide bonds. The van der Waals surface area contributed by atoms with Gasteiger partial charge in [0.2, 0.25) is 0 Å². The van der Waals surface area contributed by atoms with Gasteiger partial charge in [-0.3, -0.25) is 9.59 Å². The summed E-state index contributed by atoms with van der Waals surface area (Å²) in [5.41, 5.74) is 3.45. The number of carbonyl (C=O) groups is 2. The van der Waals surface area contributed by atoms with Gasteiger partial charge in [0.15, 0.2) is 0 Å². The Kier molecular flexibility index (Phi) is 5.86. The standard InChI is InChI=1S/C26H30N2O3/c1-17(2)31-22-13-9-20(10-14-22)23-24(27-15-5-6-19(4)16-27)26(30)28(25(23)29)21-11-7-18(3)8-12-21/h7-14,17,19H,5-6,15-16H2,1-4H3. The van der Waals surface area contributed by atoms with Gasteiger partial charge in [0, 0.05) is 13.1 Å². The molecule has 0 aromatic heterocycles. The van der Waals surface area contributed by atoms with Gasteiger partial charge in [-0.25, -0.2) is 4.90 Å². The van der Waals surface area contributed by atoms with E-state index in [1.54, 1.807) is 0 Å². The molecule has 5 heteroatoms. The smallest absolute Gasteiger partial charge is 0.282 e. The molecule has 2 heterocycles. The number of hydrogen-bond donors (Lipinski definition) is 0.